The summed E-state index contributed by atoms with van der Waals surface area (Å²) < 4.78 is 5.08. The average Bonchev–Trinajstić information content (AvgIpc) is 2.95. The third-order valence-corrected chi connectivity index (χ3v) is 4.63. The minimum Gasteiger partial charge on any atom is -0.383 e. The number of thiophene rings is 1. The van der Waals surface area contributed by atoms with E-state index in [1.165, 1.54) is 4.88 Å². The molecule has 2 heterocycles. The molecular weight excluding hydrogens is 288 g/mol. The number of nitrogens with zero attached hydrogens (tertiary/aromatic N) is 2. The van der Waals surface area contributed by atoms with Crippen molar-refractivity contribution >= 4 is 34.3 Å². The van der Waals surface area contributed by atoms with Crippen LogP contribution in [0.4, 0.5) is 0 Å². The van der Waals surface area contributed by atoms with Crippen molar-refractivity contribution in [3.63, 3.8) is 0 Å². The zero-order valence-corrected chi connectivity index (χ0v) is 12.7. The van der Waals surface area contributed by atoms with E-state index in [4.69, 9.17) is 16.3 Å². The summed E-state index contributed by atoms with van der Waals surface area (Å²) in [6, 6.07) is 1.97. The highest BCUT2D eigenvalue weighted by Crippen LogP contribution is 2.33. The maximum absolute atomic E-state index is 5.96. The van der Waals surface area contributed by atoms with Gasteiger partial charge in [-0.2, -0.15) is 0 Å². The van der Waals surface area contributed by atoms with Crippen LogP contribution in [-0.4, -0.2) is 37.2 Å². The molecule has 0 aliphatic carbocycles. The molecule has 0 N–H and O–H groups in total. The molecule has 0 unspecified atom stereocenters. The van der Waals surface area contributed by atoms with Crippen LogP contribution in [0.15, 0.2) is 17.0 Å². The Morgan fingerprint density at radius 1 is 1.44 bits per heavy atom. The topological polar surface area (TPSA) is 25.4 Å². The molecule has 6 heteroatoms. The summed E-state index contributed by atoms with van der Waals surface area (Å²) in [5.74, 6) is 0. The Hall–Kier alpha value is -0.460. The van der Waals surface area contributed by atoms with Crippen molar-refractivity contribution in [3.05, 3.63) is 26.9 Å². The van der Waals surface area contributed by atoms with E-state index in [0.717, 1.165) is 35.3 Å². The van der Waals surface area contributed by atoms with Crippen molar-refractivity contribution in [1.82, 2.24) is 9.88 Å². The second-order valence-corrected chi connectivity index (χ2v) is 6.27. The number of rotatable bonds is 6. The van der Waals surface area contributed by atoms with E-state index in [-0.39, 0.29) is 0 Å². The van der Waals surface area contributed by atoms with Crippen molar-refractivity contribution in [2.75, 3.05) is 27.3 Å². The van der Waals surface area contributed by atoms with Gasteiger partial charge in [-0.25, -0.2) is 4.98 Å². The van der Waals surface area contributed by atoms with Crippen molar-refractivity contribution in [2.45, 2.75) is 6.54 Å². The summed E-state index contributed by atoms with van der Waals surface area (Å²) in [6.07, 6.45) is 0. The highest BCUT2D eigenvalue weighted by molar-refractivity contribution is 7.15. The van der Waals surface area contributed by atoms with Crippen LogP contribution in [0.5, 0.6) is 0 Å². The maximum Gasteiger partial charge on any atom is 0.0956 e. The Balaban J connectivity index is 2.08. The molecule has 0 atom stereocenters. The van der Waals surface area contributed by atoms with Gasteiger partial charge in [0.15, 0.2) is 0 Å². The van der Waals surface area contributed by atoms with Crippen LogP contribution >= 0.6 is 34.3 Å². The molecule has 3 nitrogen and oxygen atoms in total. The van der Waals surface area contributed by atoms with E-state index < -0.39 is 0 Å². The monoisotopic (exact) mass is 302 g/mol. The van der Waals surface area contributed by atoms with Crippen LogP contribution in [0, 0.1) is 0 Å². The first-order chi connectivity index (χ1) is 8.70. The number of aromatic nitrogens is 1. The van der Waals surface area contributed by atoms with Crippen molar-refractivity contribution < 1.29 is 4.74 Å². The Bertz CT molecular complexity index is 498. The number of ether oxygens (including phenoxy) is 1. The largest absolute Gasteiger partial charge is 0.383 e. The van der Waals surface area contributed by atoms with Gasteiger partial charge in [0.25, 0.3) is 0 Å². The van der Waals surface area contributed by atoms with Crippen LogP contribution in [0.1, 0.15) is 4.88 Å². The fourth-order valence-electron chi connectivity index (χ4n) is 1.59. The van der Waals surface area contributed by atoms with Crippen LogP contribution < -0.4 is 0 Å². The summed E-state index contributed by atoms with van der Waals surface area (Å²) in [7, 11) is 3.81. The van der Waals surface area contributed by atoms with E-state index in [1.807, 2.05) is 17.0 Å². The number of methoxy groups -OCH3 is 1. The van der Waals surface area contributed by atoms with Gasteiger partial charge in [0.2, 0.25) is 0 Å². The standard InChI is InChI=1S/C12H15ClN2OS2/c1-15(3-4-16-2)6-11-12(14-8-18-11)10-5-9(13)7-17-10/h5,7-8H,3-4,6H2,1-2H3. The molecule has 0 aliphatic rings. The van der Waals surface area contributed by atoms with Gasteiger partial charge in [-0.3, -0.25) is 4.90 Å². The van der Waals surface area contributed by atoms with E-state index in [1.54, 1.807) is 29.8 Å². The molecule has 2 rings (SSSR count). The molecule has 0 aliphatic heterocycles. The molecular formula is C12H15ClN2OS2. The molecule has 98 valence electrons. The SMILES string of the molecule is COCCN(C)Cc1scnc1-c1cc(Cl)cs1. The minimum absolute atomic E-state index is 0.746. The Labute approximate surface area is 120 Å². The second kappa shape index (κ2) is 6.63. The van der Waals surface area contributed by atoms with Crippen LogP contribution in [0.25, 0.3) is 10.6 Å². The fourth-order valence-corrected chi connectivity index (χ4v) is 3.61. The number of likely N-dealkylation sites (N-methyl/N-ethyl adjacent to an activating group) is 1. The quantitative estimate of drug-likeness (QED) is 0.815. The first kappa shape index (κ1) is 14.0. The third-order valence-electron chi connectivity index (χ3n) is 2.53. The number of hydrogen-bond donors (Lipinski definition) is 0. The van der Waals surface area contributed by atoms with Gasteiger partial charge < -0.3 is 4.74 Å². The number of thiazole rings is 1. The fraction of sp³-hybridized carbons (Fsp3) is 0.417. The zero-order chi connectivity index (χ0) is 13.0. The smallest absolute Gasteiger partial charge is 0.0956 e. The summed E-state index contributed by atoms with van der Waals surface area (Å²) in [6.45, 7) is 2.55. The lowest BCUT2D eigenvalue weighted by Gasteiger charge is -2.15. The Kier molecular flexibility index (Phi) is 5.14. The molecule has 0 bridgehead atoms. The Morgan fingerprint density at radius 2 is 2.28 bits per heavy atom. The molecule has 0 aromatic carbocycles. The van der Waals surface area contributed by atoms with Crippen molar-refractivity contribution in [2.24, 2.45) is 0 Å². The van der Waals surface area contributed by atoms with Gasteiger partial charge in [-0.1, -0.05) is 11.6 Å². The van der Waals surface area contributed by atoms with Gasteiger partial charge in [0, 0.05) is 30.5 Å². The van der Waals surface area contributed by atoms with E-state index in [0.29, 0.717) is 0 Å². The molecule has 0 radical (unpaired) electrons. The summed E-state index contributed by atoms with van der Waals surface area (Å²) in [4.78, 5) is 9.08. The predicted molar refractivity (Wildman–Crippen MR) is 78.6 cm³/mol. The van der Waals surface area contributed by atoms with E-state index in [2.05, 4.69) is 16.9 Å². The minimum atomic E-state index is 0.746. The van der Waals surface area contributed by atoms with Gasteiger partial charge >= 0.3 is 0 Å². The molecule has 2 aromatic heterocycles. The lowest BCUT2D eigenvalue weighted by molar-refractivity contribution is 0.159. The highest BCUT2D eigenvalue weighted by atomic mass is 35.5. The summed E-state index contributed by atoms with van der Waals surface area (Å²) >= 11 is 9.28. The van der Waals surface area contributed by atoms with Crippen molar-refractivity contribution in [1.29, 1.82) is 0 Å². The first-order valence-corrected chi connectivity index (χ1v) is 7.68. The summed E-state index contributed by atoms with van der Waals surface area (Å²) in [5, 5.41) is 2.72. The molecule has 0 saturated heterocycles. The molecule has 2 aromatic rings. The van der Waals surface area contributed by atoms with Gasteiger partial charge in [-0.05, 0) is 13.1 Å². The highest BCUT2D eigenvalue weighted by Gasteiger charge is 2.12. The molecule has 18 heavy (non-hydrogen) atoms. The average molecular weight is 303 g/mol. The van der Waals surface area contributed by atoms with E-state index >= 15 is 0 Å². The molecule has 0 fully saturated rings. The zero-order valence-electron chi connectivity index (χ0n) is 10.4. The van der Waals surface area contributed by atoms with Crippen LogP contribution in [0.2, 0.25) is 5.02 Å². The normalized spacial score (nSPS) is 11.3. The van der Waals surface area contributed by atoms with Gasteiger partial charge in [-0.15, -0.1) is 22.7 Å². The van der Waals surface area contributed by atoms with Crippen LogP contribution in [-0.2, 0) is 11.3 Å². The third kappa shape index (κ3) is 3.52. The molecule has 0 amide bonds. The maximum atomic E-state index is 5.96. The molecule has 0 spiro atoms. The van der Waals surface area contributed by atoms with Gasteiger partial charge in [0.1, 0.15) is 0 Å². The second-order valence-electron chi connectivity index (χ2n) is 3.98. The first-order valence-electron chi connectivity index (χ1n) is 5.55. The molecule has 0 saturated carbocycles. The number of halogens is 1. The van der Waals surface area contributed by atoms with Gasteiger partial charge in [0.05, 0.1) is 27.7 Å². The number of hydrogen-bond acceptors (Lipinski definition) is 5. The van der Waals surface area contributed by atoms with Crippen LogP contribution in [0.3, 0.4) is 0 Å². The van der Waals surface area contributed by atoms with Crippen molar-refractivity contribution in [3.8, 4) is 10.6 Å². The Morgan fingerprint density at radius 3 is 2.94 bits per heavy atom. The lowest BCUT2D eigenvalue weighted by atomic mass is 10.3. The predicted octanol–water partition coefficient (Wildman–Crippen LogP) is 3.60. The lowest BCUT2D eigenvalue weighted by Crippen LogP contribution is -2.22. The van der Waals surface area contributed by atoms with E-state index in [9.17, 15) is 0 Å². The summed E-state index contributed by atoms with van der Waals surface area (Å²) in [5.41, 5.74) is 2.95.